The average molecular weight is 459 g/mol. The highest BCUT2D eigenvalue weighted by Crippen LogP contribution is 2.39. The molecule has 4 rings (SSSR count). The molecule has 30 heavy (non-hydrogen) atoms. The molecule has 154 valence electrons. The van der Waals surface area contributed by atoms with Crippen molar-refractivity contribution in [1.29, 1.82) is 0 Å². The minimum atomic E-state index is -4.04. The first kappa shape index (κ1) is 20.7. The van der Waals surface area contributed by atoms with Crippen LogP contribution in [0.25, 0.3) is 0 Å². The molecule has 3 aromatic rings. The maximum Gasteiger partial charge on any atom is 0.270 e. The van der Waals surface area contributed by atoms with Crippen LogP contribution in [0.1, 0.15) is 26.4 Å². The van der Waals surface area contributed by atoms with Gasteiger partial charge in [-0.3, -0.25) is 9.10 Å². The monoisotopic (exact) mass is 458 g/mol. The van der Waals surface area contributed by atoms with E-state index in [4.69, 9.17) is 11.6 Å². The molecule has 0 aliphatic carbocycles. The molecule has 0 bridgehead atoms. The zero-order valence-electron chi connectivity index (χ0n) is 16.3. The number of halogens is 1. The third-order valence-electron chi connectivity index (χ3n) is 4.90. The molecule has 1 N–H and O–H groups in total. The molecule has 1 aliphatic heterocycles. The molecule has 1 aliphatic rings. The van der Waals surface area contributed by atoms with Crippen LogP contribution in [0.3, 0.4) is 0 Å². The fraction of sp³-hybridized carbons (Fsp3) is 0.136. The van der Waals surface area contributed by atoms with Crippen molar-refractivity contribution in [3.63, 3.8) is 0 Å². The summed E-state index contributed by atoms with van der Waals surface area (Å²) in [5.41, 5.74) is 3.92. The van der Waals surface area contributed by atoms with Gasteiger partial charge in [-0.1, -0.05) is 35.9 Å². The summed E-state index contributed by atoms with van der Waals surface area (Å²) in [5, 5.41) is 5.33. The van der Waals surface area contributed by atoms with E-state index < -0.39 is 15.8 Å². The molecule has 0 saturated carbocycles. The standard InChI is InChI=1S/C22H19ClN2O3S2/c1-14-3-4-15(2)18(11-14)24-12-20-21(26)22-19(9-10-29-22)25(30(20,27)28)13-16-5-7-17(23)8-6-16/h3-12,24H,13H2,1-2H3/b20-12-. The van der Waals surface area contributed by atoms with Gasteiger partial charge in [0.2, 0.25) is 5.78 Å². The van der Waals surface area contributed by atoms with Crippen molar-refractivity contribution >= 4 is 50.1 Å². The minimum absolute atomic E-state index is 0.108. The van der Waals surface area contributed by atoms with Crippen LogP contribution in [0.15, 0.2) is 65.0 Å². The van der Waals surface area contributed by atoms with Gasteiger partial charge < -0.3 is 5.32 Å². The molecule has 2 heterocycles. The molecule has 1 aromatic heterocycles. The molecule has 0 unspecified atom stereocenters. The second kappa shape index (κ2) is 7.91. The minimum Gasteiger partial charge on any atom is -0.360 e. The van der Waals surface area contributed by atoms with E-state index in [0.29, 0.717) is 15.6 Å². The third kappa shape index (κ3) is 3.76. The Labute approximate surface area is 184 Å². The van der Waals surface area contributed by atoms with Crippen molar-refractivity contribution in [2.45, 2.75) is 20.4 Å². The number of aryl methyl sites for hydroxylation is 2. The van der Waals surface area contributed by atoms with Gasteiger partial charge in [-0.05, 0) is 60.2 Å². The van der Waals surface area contributed by atoms with E-state index in [2.05, 4.69) is 5.32 Å². The summed E-state index contributed by atoms with van der Waals surface area (Å²) in [7, 11) is -4.04. The summed E-state index contributed by atoms with van der Waals surface area (Å²) in [6, 6.07) is 14.5. The Balaban J connectivity index is 1.75. The van der Waals surface area contributed by atoms with Crippen molar-refractivity contribution in [3.8, 4) is 0 Å². The van der Waals surface area contributed by atoms with Crippen LogP contribution in [-0.4, -0.2) is 14.2 Å². The number of nitrogens with one attached hydrogen (secondary N) is 1. The van der Waals surface area contributed by atoms with Gasteiger partial charge >= 0.3 is 0 Å². The summed E-state index contributed by atoms with van der Waals surface area (Å²) in [4.78, 5) is 13.1. The molecule has 2 aromatic carbocycles. The van der Waals surface area contributed by atoms with Gasteiger partial charge in [0, 0.05) is 16.9 Å². The van der Waals surface area contributed by atoms with Crippen LogP contribution in [0.4, 0.5) is 11.4 Å². The van der Waals surface area contributed by atoms with Gasteiger partial charge in [-0.2, -0.15) is 0 Å². The second-order valence-electron chi connectivity index (χ2n) is 7.07. The lowest BCUT2D eigenvalue weighted by atomic mass is 10.1. The topological polar surface area (TPSA) is 66.5 Å². The highest BCUT2D eigenvalue weighted by Gasteiger charge is 2.41. The SMILES string of the molecule is Cc1ccc(C)c(N/C=C2/C(=O)c3sccc3N(Cc3ccc(Cl)cc3)S2(=O)=O)c1. The summed E-state index contributed by atoms with van der Waals surface area (Å²) in [6.07, 6.45) is 1.30. The lowest BCUT2D eigenvalue weighted by Gasteiger charge is -2.29. The third-order valence-corrected chi connectivity index (χ3v) is 7.82. The van der Waals surface area contributed by atoms with Crippen LogP contribution in [0.2, 0.25) is 5.02 Å². The largest absolute Gasteiger partial charge is 0.360 e. The lowest BCUT2D eigenvalue weighted by molar-refractivity contribution is 0.104. The number of rotatable bonds is 4. The Morgan fingerprint density at radius 1 is 1.10 bits per heavy atom. The number of thiophene rings is 1. The van der Waals surface area contributed by atoms with E-state index in [0.717, 1.165) is 22.4 Å². The summed E-state index contributed by atoms with van der Waals surface area (Å²) >= 11 is 7.18. The van der Waals surface area contributed by atoms with E-state index in [-0.39, 0.29) is 11.4 Å². The van der Waals surface area contributed by atoms with E-state index >= 15 is 0 Å². The Hall–Kier alpha value is -2.61. The van der Waals surface area contributed by atoms with E-state index in [1.807, 2.05) is 32.0 Å². The number of hydrogen-bond acceptors (Lipinski definition) is 5. The van der Waals surface area contributed by atoms with Crippen molar-refractivity contribution in [1.82, 2.24) is 0 Å². The predicted molar refractivity (Wildman–Crippen MR) is 123 cm³/mol. The van der Waals surface area contributed by atoms with Crippen molar-refractivity contribution in [2.24, 2.45) is 0 Å². The highest BCUT2D eigenvalue weighted by atomic mass is 35.5. The second-order valence-corrected chi connectivity index (χ2v) is 10.3. The number of hydrogen-bond donors (Lipinski definition) is 1. The molecule has 0 radical (unpaired) electrons. The quantitative estimate of drug-likeness (QED) is 0.524. The number of sulfonamides is 1. The van der Waals surface area contributed by atoms with Gasteiger partial charge in [0.25, 0.3) is 10.0 Å². The zero-order chi connectivity index (χ0) is 21.5. The fourth-order valence-corrected chi connectivity index (χ4v) is 5.86. The maximum absolute atomic E-state index is 13.4. The van der Waals surface area contributed by atoms with Crippen LogP contribution >= 0.6 is 22.9 Å². The molecule has 0 saturated heterocycles. The van der Waals surface area contributed by atoms with Crippen molar-refractivity contribution in [3.05, 3.63) is 91.6 Å². The van der Waals surface area contributed by atoms with Gasteiger partial charge in [-0.25, -0.2) is 8.42 Å². The number of carbonyl (C=O) groups is 1. The molecule has 5 nitrogen and oxygen atoms in total. The number of anilines is 2. The molecule has 0 amide bonds. The summed E-state index contributed by atoms with van der Waals surface area (Å²) < 4.78 is 28.1. The summed E-state index contributed by atoms with van der Waals surface area (Å²) in [6.45, 7) is 3.98. The number of carbonyl (C=O) groups excluding carboxylic acids is 1. The smallest absolute Gasteiger partial charge is 0.270 e. The van der Waals surface area contributed by atoms with E-state index in [1.54, 1.807) is 35.7 Å². The molecule has 0 atom stereocenters. The van der Waals surface area contributed by atoms with E-state index in [9.17, 15) is 13.2 Å². The summed E-state index contributed by atoms with van der Waals surface area (Å²) in [5.74, 6) is -0.495. The Morgan fingerprint density at radius 2 is 1.83 bits per heavy atom. The molecule has 0 spiro atoms. The molecule has 0 fully saturated rings. The highest BCUT2D eigenvalue weighted by molar-refractivity contribution is 7.97. The first-order valence-corrected chi connectivity index (χ1v) is 11.9. The van der Waals surface area contributed by atoms with Gasteiger partial charge in [-0.15, -0.1) is 11.3 Å². The van der Waals surface area contributed by atoms with Crippen LogP contribution < -0.4 is 9.62 Å². The first-order valence-electron chi connectivity index (χ1n) is 9.21. The Morgan fingerprint density at radius 3 is 2.57 bits per heavy atom. The number of Topliss-reactive ketones (excluding diaryl/α,β-unsaturated/α-hetero) is 1. The normalized spacial score (nSPS) is 16.6. The van der Waals surface area contributed by atoms with E-state index in [1.165, 1.54) is 21.8 Å². The first-order chi connectivity index (χ1) is 14.3. The Kier molecular flexibility index (Phi) is 5.44. The number of allylic oxidation sites excluding steroid dienone is 1. The van der Waals surface area contributed by atoms with Crippen LogP contribution in [0.5, 0.6) is 0 Å². The maximum atomic E-state index is 13.4. The number of benzene rings is 2. The van der Waals surface area contributed by atoms with Crippen LogP contribution in [-0.2, 0) is 16.6 Å². The average Bonchev–Trinajstić information content (AvgIpc) is 3.18. The Bertz CT molecular complexity index is 1260. The van der Waals surface area contributed by atoms with Crippen molar-refractivity contribution < 1.29 is 13.2 Å². The van der Waals surface area contributed by atoms with Gasteiger partial charge in [0.05, 0.1) is 12.2 Å². The fourth-order valence-electron chi connectivity index (χ4n) is 3.25. The number of ketones is 1. The van der Waals surface area contributed by atoms with Crippen molar-refractivity contribution in [2.75, 3.05) is 9.62 Å². The predicted octanol–water partition coefficient (Wildman–Crippen LogP) is 5.50. The van der Waals surface area contributed by atoms with Gasteiger partial charge in [0.15, 0.2) is 4.91 Å². The molecule has 8 heteroatoms. The van der Waals surface area contributed by atoms with Crippen LogP contribution in [0, 0.1) is 13.8 Å². The number of fused-ring (bicyclic) bond motifs is 1. The zero-order valence-corrected chi connectivity index (χ0v) is 18.7. The number of nitrogens with zero attached hydrogens (tertiary/aromatic N) is 1. The van der Waals surface area contributed by atoms with Gasteiger partial charge in [0.1, 0.15) is 4.88 Å². The lowest BCUT2D eigenvalue weighted by Crippen LogP contribution is -2.38. The molecular weight excluding hydrogens is 440 g/mol. The molecular formula is C22H19ClN2O3S2.